The summed E-state index contributed by atoms with van der Waals surface area (Å²) in [5.41, 5.74) is -0.0600. The fourth-order valence-electron chi connectivity index (χ4n) is 1.99. The van der Waals surface area contributed by atoms with Gasteiger partial charge in [0.05, 0.1) is 0 Å². The number of carbonyl (C=O) groups excluding carboxylic acids is 1. The van der Waals surface area contributed by atoms with Crippen LogP contribution in [0.25, 0.3) is 0 Å². The van der Waals surface area contributed by atoms with Crippen molar-refractivity contribution in [2.75, 3.05) is 6.54 Å². The summed E-state index contributed by atoms with van der Waals surface area (Å²) >= 11 is 5.53. The van der Waals surface area contributed by atoms with Crippen molar-refractivity contribution in [3.05, 3.63) is 34.4 Å². The smallest absolute Gasteiger partial charge is 0.223 e. The van der Waals surface area contributed by atoms with Crippen molar-refractivity contribution in [2.45, 2.75) is 12.8 Å². The third-order valence-electron chi connectivity index (χ3n) is 2.93. The predicted octanol–water partition coefficient (Wildman–Crippen LogP) is 2.47. The lowest BCUT2D eigenvalue weighted by molar-refractivity contribution is -0.122. The van der Waals surface area contributed by atoms with E-state index >= 15 is 0 Å². The molecule has 1 aliphatic rings. The summed E-state index contributed by atoms with van der Waals surface area (Å²) in [6, 6.07) is 2.13. The number of hydrogen-bond acceptors (Lipinski definition) is 1. The van der Waals surface area contributed by atoms with Gasteiger partial charge < -0.3 is 5.32 Å². The van der Waals surface area contributed by atoms with Gasteiger partial charge in [0, 0.05) is 29.0 Å². The largest absolute Gasteiger partial charge is 0.355 e. The van der Waals surface area contributed by atoms with Crippen molar-refractivity contribution in [1.82, 2.24) is 5.32 Å². The number of amides is 1. The molecule has 16 heavy (non-hydrogen) atoms. The standard InChI is InChI=1S/C11H10ClF2NO/c1-5-7(4-15-11(5)16)10-8(13)2-6(12)3-9(10)14/h2-3,5,7H,4H2,1H3,(H,15,16)/t5-,7+/m0/s1. The fourth-order valence-corrected chi connectivity index (χ4v) is 2.18. The molecule has 1 aromatic carbocycles. The molecule has 0 spiro atoms. The van der Waals surface area contributed by atoms with Gasteiger partial charge in [0.25, 0.3) is 0 Å². The Kier molecular flexibility index (Phi) is 2.84. The molecule has 86 valence electrons. The van der Waals surface area contributed by atoms with E-state index in [1.165, 1.54) is 0 Å². The molecule has 1 heterocycles. The molecule has 1 amide bonds. The first-order chi connectivity index (χ1) is 7.50. The molecule has 0 unspecified atom stereocenters. The highest BCUT2D eigenvalue weighted by Gasteiger charge is 2.35. The molecule has 2 rings (SSSR count). The van der Waals surface area contributed by atoms with Crippen LogP contribution in [-0.4, -0.2) is 12.5 Å². The van der Waals surface area contributed by atoms with Crippen molar-refractivity contribution in [3.8, 4) is 0 Å². The number of carbonyl (C=O) groups is 1. The zero-order chi connectivity index (χ0) is 11.9. The molecule has 0 aliphatic carbocycles. The normalized spacial score (nSPS) is 24.6. The molecule has 0 radical (unpaired) electrons. The van der Waals surface area contributed by atoms with Gasteiger partial charge in [-0.25, -0.2) is 8.78 Å². The third-order valence-corrected chi connectivity index (χ3v) is 3.15. The van der Waals surface area contributed by atoms with E-state index in [1.807, 2.05) is 0 Å². The second-order valence-corrected chi connectivity index (χ2v) is 4.36. The van der Waals surface area contributed by atoms with E-state index in [1.54, 1.807) is 6.92 Å². The monoisotopic (exact) mass is 245 g/mol. The van der Waals surface area contributed by atoms with E-state index in [0.29, 0.717) is 0 Å². The van der Waals surface area contributed by atoms with Crippen LogP contribution in [-0.2, 0) is 4.79 Å². The number of hydrogen-bond donors (Lipinski definition) is 1. The molecule has 1 N–H and O–H groups in total. The zero-order valence-corrected chi connectivity index (χ0v) is 9.31. The van der Waals surface area contributed by atoms with Crippen molar-refractivity contribution in [2.24, 2.45) is 5.92 Å². The van der Waals surface area contributed by atoms with Crippen molar-refractivity contribution in [1.29, 1.82) is 0 Å². The maximum Gasteiger partial charge on any atom is 0.223 e. The minimum Gasteiger partial charge on any atom is -0.355 e. The quantitative estimate of drug-likeness (QED) is 0.809. The van der Waals surface area contributed by atoms with Crippen molar-refractivity contribution < 1.29 is 13.6 Å². The van der Waals surface area contributed by atoms with E-state index in [9.17, 15) is 13.6 Å². The molecule has 2 atom stereocenters. The van der Waals surface area contributed by atoms with E-state index in [4.69, 9.17) is 11.6 Å². The molecule has 1 fully saturated rings. The van der Waals surface area contributed by atoms with Crippen LogP contribution in [0.3, 0.4) is 0 Å². The first-order valence-electron chi connectivity index (χ1n) is 4.93. The summed E-state index contributed by atoms with van der Waals surface area (Å²) in [6.45, 7) is 1.91. The number of benzene rings is 1. The van der Waals surface area contributed by atoms with Crippen LogP contribution in [0.4, 0.5) is 8.78 Å². The molecule has 0 bridgehead atoms. The van der Waals surface area contributed by atoms with Crippen LogP contribution < -0.4 is 5.32 Å². The molecule has 5 heteroatoms. The number of halogens is 3. The fraction of sp³-hybridized carbons (Fsp3) is 0.364. The summed E-state index contributed by atoms with van der Waals surface area (Å²) in [4.78, 5) is 11.3. The van der Waals surface area contributed by atoms with Gasteiger partial charge in [0.2, 0.25) is 5.91 Å². The van der Waals surface area contributed by atoms with E-state index in [0.717, 1.165) is 12.1 Å². The van der Waals surface area contributed by atoms with E-state index in [2.05, 4.69) is 5.32 Å². The average molecular weight is 246 g/mol. The summed E-state index contributed by atoms with van der Waals surface area (Å²) in [5.74, 6) is -2.47. The molecule has 1 aromatic rings. The van der Waals surface area contributed by atoms with Crippen molar-refractivity contribution in [3.63, 3.8) is 0 Å². The molecule has 0 aromatic heterocycles. The van der Waals surface area contributed by atoms with Gasteiger partial charge in [-0.15, -0.1) is 0 Å². The maximum atomic E-state index is 13.6. The second kappa shape index (κ2) is 4.01. The van der Waals surface area contributed by atoms with Gasteiger partial charge in [0.1, 0.15) is 11.6 Å². The molecular formula is C11H10ClF2NO. The van der Waals surface area contributed by atoms with Crippen molar-refractivity contribution >= 4 is 17.5 Å². The Labute approximate surface area is 96.6 Å². The third kappa shape index (κ3) is 1.78. The summed E-state index contributed by atoms with van der Waals surface area (Å²) in [6.07, 6.45) is 0. The highest BCUT2D eigenvalue weighted by Crippen LogP contribution is 2.33. The molecule has 1 aliphatic heterocycles. The Morgan fingerprint density at radius 1 is 1.38 bits per heavy atom. The van der Waals surface area contributed by atoms with Crippen LogP contribution in [0, 0.1) is 17.6 Å². The first kappa shape index (κ1) is 11.3. The molecule has 0 saturated carbocycles. The first-order valence-corrected chi connectivity index (χ1v) is 5.30. The van der Waals surface area contributed by atoms with Crippen LogP contribution in [0.1, 0.15) is 18.4 Å². The lowest BCUT2D eigenvalue weighted by Gasteiger charge is -2.15. The van der Waals surface area contributed by atoms with E-state index in [-0.39, 0.29) is 23.0 Å². The number of nitrogens with one attached hydrogen (secondary N) is 1. The Balaban J connectivity index is 2.45. The highest BCUT2D eigenvalue weighted by molar-refractivity contribution is 6.30. The average Bonchev–Trinajstić information content (AvgIpc) is 2.48. The van der Waals surface area contributed by atoms with E-state index < -0.39 is 23.5 Å². The van der Waals surface area contributed by atoms with Gasteiger partial charge in [-0.1, -0.05) is 18.5 Å². The minimum atomic E-state index is -0.696. The topological polar surface area (TPSA) is 29.1 Å². The Hall–Kier alpha value is -1.16. The van der Waals surface area contributed by atoms with Gasteiger partial charge in [-0.05, 0) is 12.1 Å². The molecule has 1 saturated heterocycles. The lowest BCUT2D eigenvalue weighted by Crippen LogP contribution is -2.17. The lowest BCUT2D eigenvalue weighted by atomic mass is 9.89. The van der Waals surface area contributed by atoms with Gasteiger partial charge in [0.15, 0.2) is 0 Å². The Morgan fingerprint density at radius 2 is 1.94 bits per heavy atom. The zero-order valence-electron chi connectivity index (χ0n) is 8.56. The van der Waals surface area contributed by atoms with Crippen LogP contribution in [0.2, 0.25) is 5.02 Å². The SMILES string of the molecule is C[C@@H]1C(=O)NC[C@H]1c1c(F)cc(Cl)cc1F. The summed E-state index contributed by atoms with van der Waals surface area (Å²) in [5, 5.41) is 2.60. The highest BCUT2D eigenvalue weighted by atomic mass is 35.5. The Morgan fingerprint density at radius 3 is 2.38 bits per heavy atom. The summed E-state index contributed by atoms with van der Waals surface area (Å²) < 4.78 is 27.2. The maximum absolute atomic E-state index is 13.6. The summed E-state index contributed by atoms with van der Waals surface area (Å²) in [7, 11) is 0. The molecular weight excluding hydrogens is 236 g/mol. The minimum absolute atomic E-state index is 0.0173. The Bertz CT molecular complexity index is 427. The van der Waals surface area contributed by atoms with Gasteiger partial charge >= 0.3 is 0 Å². The van der Waals surface area contributed by atoms with Crippen LogP contribution >= 0.6 is 11.6 Å². The number of rotatable bonds is 1. The van der Waals surface area contributed by atoms with Gasteiger partial charge in [-0.3, -0.25) is 4.79 Å². The second-order valence-electron chi connectivity index (χ2n) is 3.92. The molecule has 2 nitrogen and oxygen atoms in total. The van der Waals surface area contributed by atoms with Crippen LogP contribution in [0.15, 0.2) is 12.1 Å². The van der Waals surface area contributed by atoms with Crippen LogP contribution in [0.5, 0.6) is 0 Å². The predicted molar refractivity (Wildman–Crippen MR) is 56.3 cm³/mol. The van der Waals surface area contributed by atoms with Gasteiger partial charge in [-0.2, -0.15) is 0 Å².